The van der Waals surface area contributed by atoms with Crippen LogP contribution in [0.3, 0.4) is 0 Å². The number of amides is 1. The molecule has 1 aromatic carbocycles. The van der Waals surface area contributed by atoms with E-state index in [1.807, 2.05) is 49.0 Å². The Kier molecular flexibility index (Phi) is 5.02. The predicted octanol–water partition coefficient (Wildman–Crippen LogP) is 2.07. The molecule has 1 aliphatic carbocycles. The third-order valence-corrected chi connectivity index (χ3v) is 5.49. The zero-order valence-corrected chi connectivity index (χ0v) is 16.0. The number of likely N-dealkylation sites (tertiary alicyclic amines) is 1. The number of likely N-dealkylation sites (N-methyl/N-ethyl adjacent to an activating group) is 1. The van der Waals surface area contributed by atoms with Gasteiger partial charge in [-0.05, 0) is 32.9 Å². The van der Waals surface area contributed by atoms with Crippen LogP contribution in [0.2, 0.25) is 0 Å². The smallest absolute Gasteiger partial charge is 0.240 e. The molecule has 2 atom stereocenters. The van der Waals surface area contributed by atoms with Crippen LogP contribution in [0.15, 0.2) is 30.5 Å². The Balaban J connectivity index is 1.51. The zero-order valence-electron chi connectivity index (χ0n) is 16.0. The van der Waals surface area contributed by atoms with Crippen LogP contribution in [-0.2, 0) is 16.1 Å². The second-order valence-corrected chi connectivity index (χ2v) is 7.72. The molecule has 6 nitrogen and oxygen atoms in total. The number of ketones is 1. The molecule has 1 saturated carbocycles. The molecular formula is C21H27N3O3. The number of carbonyl (C=O) groups excluding carboxylic acids is 2. The van der Waals surface area contributed by atoms with Crippen LogP contribution in [0.4, 0.5) is 0 Å². The summed E-state index contributed by atoms with van der Waals surface area (Å²) in [6, 6.07) is 7.82. The highest BCUT2D eigenvalue weighted by Crippen LogP contribution is 2.35. The van der Waals surface area contributed by atoms with E-state index < -0.39 is 0 Å². The molecule has 0 radical (unpaired) electrons. The van der Waals surface area contributed by atoms with E-state index in [2.05, 4.69) is 10.2 Å². The summed E-state index contributed by atoms with van der Waals surface area (Å²) in [5, 5.41) is 4.06. The van der Waals surface area contributed by atoms with Gasteiger partial charge in [-0.2, -0.15) is 0 Å². The molecule has 0 unspecified atom stereocenters. The highest BCUT2D eigenvalue weighted by Gasteiger charge is 2.34. The van der Waals surface area contributed by atoms with Crippen molar-refractivity contribution >= 4 is 22.6 Å². The second kappa shape index (κ2) is 7.44. The van der Waals surface area contributed by atoms with Crippen LogP contribution in [0.25, 0.3) is 10.9 Å². The number of fused-ring (bicyclic) bond motifs is 1. The number of rotatable bonds is 7. The second-order valence-electron chi connectivity index (χ2n) is 7.72. The van der Waals surface area contributed by atoms with Crippen LogP contribution >= 0.6 is 0 Å². The molecule has 4 rings (SSSR count). The lowest BCUT2D eigenvalue weighted by molar-refractivity contribution is -0.123. The van der Waals surface area contributed by atoms with E-state index in [-0.39, 0.29) is 36.3 Å². The van der Waals surface area contributed by atoms with E-state index >= 15 is 0 Å². The topological polar surface area (TPSA) is 63.6 Å². The van der Waals surface area contributed by atoms with Crippen molar-refractivity contribution in [2.75, 3.05) is 26.7 Å². The highest BCUT2D eigenvalue weighted by atomic mass is 16.5. The first-order valence-electron chi connectivity index (χ1n) is 9.78. The molecule has 1 saturated heterocycles. The van der Waals surface area contributed by atoms with Crippen molar-refractivity contribution in [2.45, 2.75) is 38.5 Å². The average molecular weight is 369 g/mol. The summed E-state index contributed by atoms with van der Waals surface area (Å²) in [5.41, 5.74) is 1.68. The minimum atomic E-state index is -0.0498. The van der Waals surface area contributed by atoms with Crippen molar-refractivity contribution in [1.82, 2.24) is 14.8 Å². The van der Waals surface area contributed by atoms with Crippen LogP contribution in [0.5, 0.6) is 0 Å². The summed E-state index contributed by atoms with van der Waals surface area (Å²) in [6.45, 7) is 4.43. The van der Waals surface area contributed by atoms with Gasteiger partial charge >= 0.3 is 0 Å². The standard InChI is InChI=1S/C21H27N3O3/c1-3-27-19-12-23(2)11-17(19)22-20(25)13-24-10-16(21(26)14-8-9-14)15-6-4-5-7-18(15)24/h4-7,10,14,17,19H,3,8-9,11-13H2,1-2H3,(H,22,25)/t17-,19-/m1/s1. The Morgan fingerprint density at radius 1 is 1.22 bits per heavy atom. The first-order chi connectivity index (χ1) is 13.1. The Labute approximate surface area is 159 Å². The Morgan fingerprint density at radius 3 is 2.74 bits per heavy atom. The Bertz CT molecular complexity index is 855. The van der Waals surface area contributed by atoms with Gasteiger partial charge in [-0.1, -0.05) is 18.2 Å². The molecule has 1 aliphatic heterocycles. The predicted molar refractivity (Wildman–Crippen MR) is 104 cm³/mol. The molecule has 0 bridgehead atoms. The largest absolute Gasteiger partial charge is 0.375 e. The van der Waals surface area contributed by atoms with Gasteiger partial charge in [0.25, 0.3) is 0 Å². The van der Waals surface area contributed by atoms with Crippen molar-refractivity contribution in [3.8, 4) is 0 Å². The van der Waals surface area contributed by atoms with Crippen LogP contribution in [0, 0.1) is 5.92 Å². The molecule has 0 spiro atoms. The van der Waals surface area contributed by atoms with Gasteiger partial charge in [0.1, 0.15) is 6.54 Å². The Hall–Kier alpha value is -2.18. The van der Waals surface area contributed by atoms with Crippen molar-refractivity contribution in [3.05, 3.63) is 36.0 Å². The molecule has 1 aromatic heterocycles. The molecule has 2 aromatic rings. The molecular weight excluding hydrogens is 342 g/mol. The van der Waals surface area contributed by atoms with Gasteiger partial charge < -0.3 is 19.5 Å². The average Bonchev–Trinajstić information content (AvgIpc) is 3.36. The lowest BCUT2D eigenvalue weighted by Gasteiger charge is -2.20. The van der Waals surface area contributed by atoms with Crippen LogP contribution < -0.4 is 5.32 Å². The monoisotopic (exact) mass is 369 g/mol. The fourth-order valence-corrected chi connectivity index (χ4v) is 4.03. The minimum absolute atomic E-state index is 0.00292. The maximum absolute atomic E-state index is 12.7. The first-order valence-corrected chi connectivity index (χ1v) is 9.78. The van der Waals surface area contributed by atoms with Gasteiger partial charge in [0.05, 0.1) is 12.1 Å². The molecule has 6 heteroatoms. The van der Waals surface area contributed by atoms with E-state index in [0.29, 0.717) is 6.61 Å². The Morgan fingerprint density at radius 2 is 2.00 bits per heavy atom. The number of hydrogen-bond acceptors (Lipinski definition) is 4. The number of nitrogens with zero attached hydrogens (tertiary/aromatic N) is 2. The maximum atomic E-state index is 12.7. The van der Waals surface area contributed by atoms with Crippen molar-refractivity contribution in [1.29, 1.82) is 0 Å². The number of benzene rings is 1. The lowest BCUT2D eigenvalue weighted by Crippen LogP contribution is -2.45. The quantitative estimate of drug-likeness (QED) is 0.759. The van der Waals surface area contributed by atoms with Crippen molar-refractivity contribution < 1.29 is 14.3 Å². The number of Topliss-reactive ketones (excluding diaryl/α,β-unsaturated/α-hetero) is 1. The summed E-state index contributed by atoms with van der Waals surface area (Å²) in [4.78, 5) is 27.5. The van der Waals surface area contributed by atoms with E-state index in [0.717, 1.165) is 42.4 Å². The molecule has 144 valence electrons. The molecule has 2 fully saturated rings. The summed E-state index contributed by atoms with van der Waals surface area (Å²) < 4.78 is 7.67. The number of aromatic nitrogens is 1. The molecule has 1 amide bonds. The number of hydrogen-bond donors (Lipinski definition) is 1. The zero-order chi connectivity index (χ0) is 19.0. The van der Waals surface area contributed by atoms with Gasteiger partial charge in [0, 0.05) is 48.3 Å². The summed E-state index contributed by atoms with van der Waals surface area (Å²) in [5.74, 6) is 0.324. The fraction of sp³-hybridized carbons (Fsp3) is 0.524. The lowest BCUT2D eigenvalue weighted by atomic mass is 10.1. The van der Waals surface area contributed by atoms with Crippen LogP contribution in [-0.4, -0.2) is 60.0 Å². The van der Waals surface area contributed by atoms with Crippen molar-refractivity contribution in [2.24, 2.45) is 5.92 Å². The first kappa shape index (κ1) is 18.2. The fourth-order valence-electron chi connectivity index (χ4n) is 4.03. The number of nitrogens with one attached hydrogen (secondary N) is 1. The summed E-state index contributed by atoms with van der Waals surface area (Å²) >= 11 is 0. The van der Waals surface area contributed by atoms with E-state index in [9.17, 15) is 9.59 Å². The van der Waals surface area contributed by atoms with E-state index in [1.54, 1.807) is 0 Å². The molecule has 1 N–H and O–H groups in total. The number of ether oxygens (including phenoxy) is 1. The van der Waals surface area contributed by atoms with E-state index in [4.69, 9.17) is 4.74 Å². The minimum Gasteiger partial charge on any atom is -0.375 e. The van der Waals surface area contributed by atoms with Gasteiger partial charge in [0.2, 0.25) is 5.91 Å². The highest BCUT2D eigenvalue weighted by molar-refractivity contribution is 6.10. The SMILES string of the molecule is CCO[C@@H]1CN(C)C[C@H]1NC(=O)Cn1cc(C(=O)C2CC2)c2ccccc21. The normalized spacial score (nSPS) is 23.0. The third-order valence-electron chi connectivity index (χ3n) is 5.49. The third kappa shape index (κ3) is 3.77. The van der Waals surface area contributed by atoms with Gasteiger partial charge in [0.15, 0.2) is 5.78 Å². The van der Waals surface area contributed by atoms with E-state index in [1.165, 1.54) is 0 Å². The maximum Gasteiger partial charge on any atom is 0.240 e. The number of carbonyl (C=O) groups is 2. The summed E-state index contributed by atoms with van der Waals surface area (Å²) in [7, 11) is 2.04. The number of para-hydroxylation sites is 1. The van der Waals surface area contributed by atoms with Crippen LogP contribution in [0.1, 0.15) is 30.1 Å². The van der Waals surface area contributed by atoms with Gasteiger partial charge in [-0.15, -0.1) is 0 Å². The van der Waals surface area contributed by atoms with Gasteiger partial charge in [-0.25, -0.2) is 0 Å². The molecule has 2 aliphatic rings. The van der Waals surface area contributed by atoms with Crippen molar-refractivity contribution in [3.63, 3.8) is 0 Å². The summed E-state index contributed by atoms with van der Waals surface area (Å²) in [6.07, 6.45) is 3.84. The van der Waals surface area contributed by atoms with Gasteiger partial charge in [-0.3, -0.25) is 9.59 Å². The molecule has 2 heterocycles. The molecule has 27 heavy (non-hydrogen) atoms.